The molecule has 3 aromatic carbocycles. The van der Waals surface area contributed by atoms with Gasteiger partial charge in [0.05, 0.1) is 22.1 Å². The normalized spacial score (nSPS) is 18.6. The van der Waals surface area contributed by atoms with Gasteiger partial charge in [-0.15, -0.1) is 0 Å². The highest BCUT2D eigenvalue weighted by Gasteiger charge is 2.42. The predicted octanol–water partition coefficient (Wildman–Crippen LogP) is 5.26. The van der Waals surface area contributed by atoms with Crippen LogP contribution in [-0.4, -0.2) is 36.6 Å². The van der Waals surface area contributed by atoms with Crippen LogP contribution in [0.5, 0.6) is 11.5 Å². The van der Waals surface area contributed by atoms with Gasteiger partial charge in [-0.1, -0.05) is 48.0 Å². The number of nitrogens with zero attached hydrogens (tertiary/aromatic N) is 1. The average molecular weight is 531 g/mol. The molecule has 0 aliphatic carbocycles. The van der Waals surface area contributed by atoms with Gasteiger partial charge in [0.1, 0.15) is 0 Å². The van der Waals surface area contributed by atoms with E-state index >= 15 is 0 Å². The predicted molar refractivity (Wildman–Crippen MR) is 129 cm³/mol. The first-order chi connectivity index (χ1) is 17.7. The minimum absolute atomic E-state index is 0.0396. The summed E-state index contributed by atoms with van der Waals surface area (Å²) < 4.78 is 50.9. The first-order valence-electron chi connectivity index (χ1n) is 11.6. The number of benzene rings is 3. The number of hydrogen-bond acceptors (Lipinski definition) is 4. The number of amides is 2. The van der Waals surface area contributed by atoms with Gasteiger partial charge in [0.25, 0.3) is 5.91 Å². The molecule has 3 aromatic rings. The highest BCUT2D eigenvalue weighted by molar-refractivity contribution is 6.33. The van der Waals surface area contributed by atoms with Gasteiger partial charge in [-0.3, -0.25) is 9.59 Å². The summed E-state index contributed by atoms with van der Waals surface area (Å²) in [6.07, 6.45) is -4.53. The molecule has 2 heterocycles. The van der Waals surface area contributed by atoms with Gasteiger partial charge in [-0.25, -0.2) is 0 Å². The molecule has 6 nitrogen and oxygen atoms in total. The number of ether oxygens (including phenoxy) is 2. The lowest BCUT2D eigenvalue weighted by molar-refractivity contribution is -0.137. The number of rotatable bonds is 5. The number of nitrogens with one attached hydrogen (secondary N) is 1. The fourth-order valence-corrected chi connectivity index (χ4v) is 4.91. The molecule has 0 bridgehead atoms. The van der Waals surface area contributed by atoms with Crippen molar-refractivity contribution >= 4 is 23.4 Å². The average Bonchev–Trinajstić information content (AvgIpc) is 3.54. The van der Waals surface area contributed by atoms with Gasteiger partial charge in [-0.05, 0) is 41.5 Å². The molecule has 5 rings (SSSR count). The third kappa shape index (κ3) is 5.22. The van der Waals surface area contributed by atoms with Crippen LogP contribution in [0.1, 0.15) is 33.0 Å². The minimum atomic E-state index is -4.53. The number of fused-ring (bicyclic) bond motifs is 1. The Morgan fingerprint density at radius 1 is 0.973 bits per heavy atom. The lowest BCUT2D eigenvalue weighted by Crippen LogP contribution is -2.35. The van der Waals surface area contributed by atoms with E-state index in [0.717, 1.165) is 17.7 Å². The van der Waals surface area contributed by atoms with Gasteiger partial charge in [-0.2, -0.15) is 13.2 Å². The van der Waals surface area contributed by atoms with E-state index in [2.05, 4.69) is 5.32 Å². The Kier molecular flexibility index (Phi) is 6.72. The van der Waals surface area contributed by atoms with Crippen molar-refractivity contribution in [3.8, 4) is 11.5 Å². The Bertz CT molecular complexity index is 1350. The summed E-state index contributed by atoms with van der Waals surface area (Å²) in [5.41, 5.74) is 0.580. The summed E-state index contributed by atoms with van der Waals surface area (Å²) in [6.45, 7) is 0.423. The maximum Gasteiger partial charge on any atom is 0.416 e. The molecular formula is C27H22ClF3N2O4. The molecule has 192 valence electrons. The van der Waals surface area contributed by atoms with Crippen molar-refractivity contribution < 1.29 is 32.2 Å². The van der Waals surface area contributed by atoms with Crippen molar-refractivity contribution in [3.05, 3.63) is 94.0 Å². The zero-order chi connectivity index (χ0) is 26.2. The number of alkyl halides is 3. The van der Waals surface area contributed by atoms with Gasteiger partial charge in [0.15, 0.2) is 11.5 Å². The number of hydrogen-bond donors (Lipinski definition) is 1. The molecule has 1 fully saturated rings. The standard InChI is InChI=1S/C27H22ClF3N2O4/c28-22-7-2-1-6-19(22)26(35)33-13-20(17-4-3-5-18(11-17)27(29,30)31)21(14-33)25(34)32-12-16-8-9-23-24(10-16)37-15-36-23/h1-11,20-21H,12-15H2,(H,32,34). The number of likely N-dealkylation sites (tertiary alicyclic amines) is 1. The quantitative estimate of drug-likeness (QED) is 0.489. The first-order valence-corrected chi connectivity index (χ1v) is 12.0. The van der Waals surface area contributed by atoms with Crippen LogP contribution in [0, 0.1) is 5.92 Å². The van der Waals surface area contributed by atoms with Crippen molar-refractivity contribution in [1.82, 2.24) is 10.2 Å². The molecule has 0 saturated carbocycles. The molecule has 37 heavy (non-hydrogen) atoms. The highest BCUT2D eigenvalue weighted by atomic mass is 35.5. The minimum Gasteiger partial charge on any atom is -0.454 e. The molecule has 1 N–H and O–H groups in total. The monoisotopic (exact) mass is 530 g/mol. The fraction of sp³-hybridized carbons (Fsp3) is 0.259. The Morgan fingerprint density at radius 2 is 1.76 bits per heavy atom. The van der Waals surface area contributed by atoms with Gasteiger partial charge in [0, 0.05) is 25.6 Å². The molecule has 2 amide bonds. The van der Waals surface area contributed by atoms with Crippen molar-refractivity contribution in [2.75, 3.05) is 19.9 Å². The van der Waals surface area contributed by atoms with E-state index in [0.29, 0.717) is 17.1 Å². The Balaban J connectivity index is 1.39. The van der Waals surface area contributed by atoms with E-state index in [4.69, 9.17) is 21.1 Å². The highest BCUT2D eigenvalue weighted by Crippen LogP contribution is 2.38. The number of halogens is 4. The fourth-order valence-electron chi connectivity index (χ4n) is 4.69. The van der Waals surface area contributed by atoms with Crippen LogP contribution in [0.15, 0.2) is 66.7 Å². The number of carbonyl (C=O) groups excluding carboxylic acids is 2. The molecule has 2 aliphatic heterocycles. The molecule has 2 atom stereocenters. The molecule has 1 saturated heterocycles. The molecule has 2 unspecified atom stereocenters. The second-order valence-electron chi connectivity index (χ2n) is 8.93. The largest absolute Gasteiger partial charge is 0.454 e. The van der Waals surface area contributed by atoms with Gasteiger partial charge < -0.3 is 19.7 Å². The molecule has 2 aliphatic rings. The molecule has 0 spiro atoms. The van der Waals surface area contributed by atoms with E-state index in [1.165, 1.54) is 11.0 Å². The second kappa shape index (κ2) is 9.97. The summed E-state index contributed by atoms with van der Waals surface area (Å²) in [4.78, 5) is 28.0. The van der Waals surface area contributed by atoms with E-state index in [1.807, 2.05) is 0 Å². The van der Waals surface area contributed by atoms with Crippen LogP contribution in [0.4, 0.5) is 13.2 Å². The summed E-state index contributed by atoms with van der Waals surface area (Å²) in [7, 11) is 0. The van der Waals surface area contributed by atoms with Crippen molar-refractivity contribution in [2.45, 2.75) is 18.6 Å². The van der Waals surface area contributed by atoms with Gasteiger partial charge >= 0.3 is 6.18 Å². The zero-order valence-electron chi connectivity index (χ0n) is 19.4. The van der Waals surface area contributed by atoms with Crippen molar-refractivity contribution in [1.29, 1.82) is 0 Å². The topological polar surface area (TPSA) is 67.9 Å². The second-order valence-corrected chi connectivity index (χ2v) is 9.34. The van der Waals surface area contributed by atoms with E-state index in [9.17, 15) is 22.8 Å². The summed E-state index contributed by atoms with van der Waals surface area (Å²) in [5, 5.41) is 3.13. The summed E-state index contributed by atoms with van der Waals surface area (Å²) >= 11 is 6.21. The SMILES string of the molecule is O=C(NCc1ccc2c(c1)OCO2)C1CN(C(=O)c2ccccc2Cl)CC1c1cccc(C(F)(F)F)c1. The van der Waals surface area contributed by atoms with Crippen molar-refractivity contribution in [3.63, 3.8) is 0 Å². The van der Waals surface area contributed by atoms with Crippen LogP contribution in [0.25, 0.3) is 0 Å². The lowest BCUT2D eigenvalue weighted by Gasteiger charge is -2.19. The van der Waals surface area contributed by atoms with Crippen LogP contribution < -0.4 is 14.8 Å². The molecule has 0 aromatic heterocycles. The smallest absolute Gasteiger partial charge is 0.416 e. The molecule has 10 heteroatoms. The van der Waals surface area contributed by atoms with Crippen LogP contribution in [0.2, 0.25) is 5.02 Å². The van der Waals surface area contributed by atoms with Gasteiger partial charge in [0.2, 0.25) is 12.7 Å². The van der Waals surface area contributed by atoms with Crippen LogP contribution >= 0.6 is 11.6 Å². The van der Waals surface area contributed by atoms with Crippen LogP contribution in [-0.2, 0) is 17.5 Å². The maximum atomic E-state index is 13.4. The Hall–Kier alpha value is -3.72. The third-order valence-corrected chi connectivity index (χ3v) is 6.92. The Morgan fingerprint density at radius 3 is 2.54 bits per heavy atom. The Labute approximate surface area is 215 Å². The summed E-state index contributed by atoms with van der Waals surface area (Å²) in [5.74, 6) is -0.951. The lowest BCUT2D eigenvalue weighted by atomic mass is 9.87. The molecular weight excluding hydrogens is 509 g/mol. The zero-order valence-corrected chi connectivity index (χ0v) is 20.2. The van der Waals surface area contributed by atoms with E-state index in [1.54, 1.807) is 48.5 Å². The van der Waals surface area contributed by atoms with Crippen LogP contribution in [0.3, 0.4) is 0 Å². The van der Waals surface area contributed by atoms with E-state index in [-0.39, 0.29) is 48.8 Å². The maximum absolute atomic E-state index is 13.4. The first kappa shape index (κ1) is 25.0. The van der Waals surface area contributed by atoms with Crippen molar-refractivity contribution in [2.24, 2.45) is 5.92 Å². The number of carbonyl (C=O) groups is 2. The summed E-state index contributed by atoms with van der Waals surface area (Å²) in [6, 6.07) is 16.7. The molecule has 0 radical (unpaired) electrons. The van der Waals surface area contributed by atoms with E-state index < -0.39 is 23.6 Å². The third-order valence-electron chi connectivity index (χ3n) is 6.59.